The third-order valence-electron chi connectivity index (χ3n) is 2.84. The van der Waals surface area contributed by atoms with Gasteiger partial charge in [0.05, 0.1) is 10.3 Å². The van der Waals surface area contributed by atoms with Crippen molar-refractivity contribution in [3.05, 3.63) is 43.2 Å². The predicted molar refractivity (Wildman–Crippen MR) is 85.8 cm³/mol. The molecule has 0 saturated heterocycles. The van der Waals surface area contributed by atoms with Gasteiger partial charge < -0.3 is 4.90 Å². The Labute approximate surface area is 130 Å². The van der Waals surface area contributed by atoms with Crippen molar-refractivity contribution in [1.82, 2.24) is 4.90 Å². The molecule has 0 atom stereocenters. The lowest BCUT2D eigenvalue weighted by Crippen LogP contribution is -2.25. The molecular weight excluding hydrogens is 342 g/mol. The summed E-state index contributed by atoms with van der Waals surface area (Å²) in [7, 11) is 1.88. The van der Waals surface area contributed by atoms with Gasteiger partial charge in [-0.15, -0.1) is 22.7 Å². The van der Waals surface area contributed by atoms with Crippen LogP contribution in [0.25, 0.3) is 0 Å². The minimum atomic E-state index is 0.223. The number of amides is 1. The number of carbonyl (C=O) groups excluding carboxylic acids is 1. The van der Waals surface area contributed by atoms with E-state index in [1.54, 1.807) is 22.7 Å². The molecule has 5 heteroatoms. The molecule has 2 nitrogen and oxygen atoms in total. The average molecular weight is 358 g/mol. The number of aryl methyl sites for hydroxylation is 1. The maximum absolute atomic E-state index is 12.0. The number of rotatable bonds is 6. The van der Waals surface area contributed by atoms with Crippen LogP contribution < -0.4 is 0 Å². The first kappa shape index (κ1) is 14.8. The number of halogens is 1. The Morgan fingerprint density at radius 1 is 1.32 bits per heavy atom. The summed E-state index contributed by atoms with van der Waals surface area (Å²) < 4.78 is 1.11. The highest BCUT2D eigenvalue weighted by molar-refractivity contribution is 9.11. The molecule has 0 aliphatic heterocycles. The van der Waals surface area contributed by atoms with E-state index in [1.807, 2.05) is 18.0 Å². The highest BCUT2D eigenvalue weighted by atomic mass is 79.9. The zero-order chi connectivity index (χ0) is 13.7. The van der Waals surface area contributed by atoms with Crippen molar-refractivity contribution >= 4 is 44.5 Å². The number of thiophene rings is 2. The van der Waals surface area contributed by atoms with E-state index in [9.17, 15) is 4.79 Å². The zero-order valence-electron chi connectivity index (χ0n) is 10.8. The van der Waals surface area contributed by atoms with Crippen LogP contribution in [-0.4, -0.2) is 17.9 Å². The molecule has 0 saturated carbocycles. The van der Waals surface area contributed by atoms with Crippen LogP contribution in [0, 0.1) is 0 Å². The van der Waals surface area contributed by atoms with Gasteiger partial charge in [0.1, 0.15) is 0 Å². The summed E-state index contributed by atoms with van der Waals surface area (Å²) in [6.07, 6.45) is 2.56. The van der Waals surface area contributed by atoms with Gasteiger partial charge in [-0.3, -0.25) is 4.79 Å². The van der Waals surface area contributed by atoms with Crippen LogP contribution in [0.1, 0.15) is 22.6 Å². The van der Waals surface area contributed by atoms with E-state index in [2.05, 4.69) is 39.5 Å². The summed E-state index contributed by atoms with van der Waals surface area (Å²) in [5.74, 6) is 0.223. The fourth-order valence-electron chi connectivity index (χ4n) is 1.82. The molecule has 2 aromatic heterocycles. The number of hydrogen-bond donors (Lipinski definition) is 0. The molecule has 19 heavy (non-hydrogen) atoms. The maximum atomic E-state index is 12.0. The largest absolute Gasteiger partial charge is 0.341 e. The van der Waals surface area contributed by atoms with E-state index in [0.717, 1.165) is 16.6 Å². The standard InChI is InChI=1S/C14H16BrNOS2/c1-16(10-12-7-8-13(15)19-12)14(17)6-2-4-11-5-3-9-18-11/h3,5,7-9H,2,4,6,10H2,1H3. The molecule has 2 heterocycles. The summed E-state index contributed by atoms with van der Waals surface area (Å²) >= 11 is 6.88. The summed E-state index contributed by atoms with van der Waals surface area (Å²) in [5, 5.41) is 2.08. The molecule has 102 valence electrons. The molecular formula is C14H16BrNOS2. The Balaban J connectivity index is 1.73. The van der Waals surface area contributed by atoms with Gasteiger partial charge in [0.15, 0.2) is 0 Å². The van der Waals surface area contributed by atoms with Crippen LogP contribution in [0.5, 0.6) is 0 Å². The van der Waals surface area contributed by atoms with E-state index in [-0.39, 0.29) is 5.91 Å². The molecule has 0 aliphatic rings. The lowest BCUT2D eigenvalue weighted by molar-refractivity contribution is -0.130. The van der Waals surface area contributed by atoms with Crippen molar-refractivity contribution in [2.75, 3.05) is 7.05 Å². The summed E-state index contributed by atoms with van der Waals surface area (Å²) in [5.41, 5.74) is 0. The molecule has 2 rings (SSSR count). The van der Waals surface area contributed by atoms with E-state index >= 15 is 0 Å². The van der Waals surface area contributed by atoms with Gasteiger partial charge in [-0.05, 0) is 52.4 Å². The first-order chi connectivity index (χ1) is 9.15. The van der Waals surface area contributed by atoms with Crippen LogP contribution in [0.15, 0.2) is 33.4 Å². The fraction of sp³-hybridized carbons (Fsp3) is 0.357. The monoisotopic (exact) mass is 357 g/mol. The topological polar surface area (TPSA) is 20.3 Å². The summed E-state index contributed by atoms with van der Waals surface area (Å²) in [6, 6.07) is 8.27. The molecule has 0 aliphatic carbocycles. The molecule has 0 N–H and O–H groups in total. The lowest BCUT2D eigenvalue weighted by atomic mass is 10.2. The zero-order valence-corrected chi connectivity index (χ0v) is 14.0. The third-order valence-corrected chi connectivity index (χ3v) is 5.39. The summed E-state index contributed by atoms with van der Waals surface area (Å²) in [6.45, 7) is 0.702. The second-order valence-electron chi connectivity index (χ2n) is 4.39. The van der Waals surface area contributed by atoms with Crippen molar-refractivity contribution in [2.24, 2.45) is 0 Å². The van der Waals surface area contributed by atoms with Crippen LogP contribution in [0.4, 0.5) is 0 Å². The second-order valence-corrected chi connectivity index (χ2v) is 7.97. The van der Waals surface area contributed by atoms with Crippen molar-refractivity contribution in [3.63, 3.8) is 0 Å². The molecule has 0 aromatic carbocycles. The highest BCUT2D eigenvalue weighted by Crippen LogP contribution is 2.23. The molecule has 0 fully saturated rings. The molecule has 1 amide bonds. The van der Waals surface area contributed by atoms with Gasteiger partial charge in [-0.1, -0.05) is 6.07 Å². The van der Waals surface area contributed by atoms with Gasteiger partial charge in [-0.2, -0.15) is 0 Å². The minimum Gasteiger partial charge on any atom is -0.341 e. The second kappa shape index (κ2) is 7.22. The smallest absolute Gasteiger partial charge is 0.222 e. The normalized spacial score (nSPS) is 10.6. The highest BCUT2D eigenvalue weighted by Gasteiger charge is 2.10. The van der Waals surface area contributed by atoms with Crippen molar-refractivity contribution in [2.45, 2.75) is 25.8 Å². The predicted octanol–water partition coefficient (Wildman–Crippen LogP) is 4.55. The van der Waals surface area contributed by atoms with Crippen molar-refractivity contribution in [1.29, 1.82) is 0 Å². The molecule has 0 spiro atoms. The van der Waals surface area contributed by atoms with Gasteiger partial charge >= 0.3 is 0 Å². The fourth-order valence-corrected chi connectivity index (χ4v) is 4.11. The molecule has 0 bridgehead atoms. The number of hydrogen-bond acceptors (Lipinski definition) is 3. The van der Waals surface area contributed by atoms with Gasteiger partial charge in [0.25, 0.3) is 0 Å². The molecule has 0 radical (unpaired) electrons. The van der Waals surface area contributed by atoms with E-state index in [4.69, 9.17) is 0 Å². The molecule has 0 unspecified atom stereocenters. The third kappa shape index (κ3) is 4.75. The van der Waals surface area contributed by atoms with E-state index in [1.165, 1.54) is 9.75 Å². The average Bonchev–Trinajstić information content (AvgIpc) is 3.01. The summed E-state index contributed by atoms with van der Waals surface area (Å²) in [4.78, 5) is 16.4. The van der Waals surface area contributed by atoms with Crippen molar-refractivity contribution in [3.8, 4) is 0 Å². The van der Waals surface area contributed by atoms with Gasteiger partial charge in [0, 0.05) is 23.2 Å². The van der Waals surface area contributed by atoms with Crippen LogP contribution in [-0.2, 0) is 17.8 Å². The first-order valence-corrected chi connectivity index (χ1v) is 8.64. The minimum absolute atomic E-state index is 0.223. The Hall–Kier alpha value is -0.650. The Kier molecular flexibility index (Phi) is 5.60. The number of carbonyl (C=O) groups is 1. The quantitative estimate of drug-likeness (QED) is 0.742. The maximum Gasteiger partial charge on any atom is 0.222 e. The lowest BCUT2D eigenvalue weighted by Gasteiger charge is -2.16. The SMILES string of the molecule is CN(Cc1ccc(Br)s1)C(=O)CCCc1cccs1. The van der Waals surface area contributed by atoms with Crippen LogP contribution >= 0.6 is 38.6 Å². The first-order valence-electron chi connectivity index (χ1n) is 6.15. The van der Waals surface area contributed by atoms with E-state index in [0.29, 0.717) is 13.0 Å². The van der Waals surface area contributed by atoms with Crippen LogP contribution in [0.3, 0.4) is 0 Å². The van der Waals surface area contributed by atoms with Crippen molar-refractivity contribution < 1.29 is 4.79 Å². The van der Waals surface area contributed by atoms with Gasteiger partial charge in [0.2, 0.25) is 5.91 Å². The number of nitrogens with zero attached hydrogens (tertiary/aromatic N) is 1. The van der Waals surface area contributed by atoms with Gasteiger partial charge in [-0.25, -0.2) is 0 Å². The Morgan fingerprint density at radius 3 is 2.79 bits per heavy atom. The Morgan fingerprint density at radius 2 is 2.16 bits per heavy atom. The molecule has 2 aromatic rings. The Bertz CT molecular complexity index is 521. The van der Waals surface area contributed by atoms with Crippen LogP contribution in [0.2, 0.25) is 0 Å². The van der Waals surface area contributed by atoms with E-state index < -0.39 is 0 Å².